The van der Waals surface area contributed by atoms with E-state index in [-0.39, 0.29) is 5.56 Å². The van der Waals surface area contributed by atoms with Gasteiger partial charge in [0.15, 0.2) is 0 Å². The van der Waals surface area contributed by atoms with E-state index in [1.807, 2.05) is 0 Å². The Bertz CT molecular complexity index is 578. The second-order valence-electron chi connectivity index (χ2n) is 5.16. The summed E-state index contributed by atoms with van der Waals surface area (Å²) in [6.45, 7) is 3.57. The fourth-order valence-corrected chi connectivity index (χ4v) is 2.61. The number of nitrogens with zero attached hydrogens (tertiary/aromatic N) is 3. The highest BCUT2D eigenvalue weighted by atomic mass is 19.1. The Hall–Kier alpha value is -2.08. The minimum Gasteiger partial charge on any atom is -0.330 e. The molecule has 0 unspecified atom stereocenters. The van der Waals surface area contributed by atoms with Gasteiger partial charge in [-0.2, -0.15) is 0 Å². The van der Waals surface area contributed by atoms with E-state index in [2.05, 4.69) is 14.9 Å². The van der Waals surface area contributed by atoms with E-state index in [9.17, 15) is 8.78 Å². The molecule has 1 fully saturated rings. The van der Waals surface area contributed by atoms with Crippen LogP contribution in [0.15, 0.2) is 36.7 Å². The summed E-state index contributed by atoms with van der Waals surface area (Å²) in [5.74, 6) is -0.207. The minimum atomic E-state index is -0.462. The third-order valence-corrected chi connectivity index (χ3v) is 3.79. The molecule has 4 nitrogen and oxygen atoms in total. The molecule has 0 bridgehead atoms. The molecular formula is C15H17F2N4+. The molecule has 1 aromatic heterocycles. The van der Waals surface area contributed by atoms with E-state index >= 15 is 0 Å². The number of benzene rings is 1. The van der Waals surface area contributed by atoms with Crippen LogP contribution in [-0.2, 0) is 6.54 Å². The standard InChI is InChI=1S/C15H16F2N4/c16-13-3-1-4-14(17)12(13)11-20-7-9-21(10-8-20)15-18-5-2-6-19-15/h1-6H,7-11H2/p+1. The predicted octanol–water partition coefficient (Wildman–Crippen LogP) is 0.660. The average Bonchev–Trinajstić information content (AvgIpc) is 2.53. The Morgan fingerprint density at radius 2 is 1.62 bits per heavy atom. The summed E-state index contributed by atoms with van der Waals surface area (Å²) < 4.78 is 27.3. The lowest BCUT2D eigenvalue weighted by molar-refractivity contribution is -0.914. The number of rotatable bonds is 3. The summed E-state index contributed by atoms with van der Waals surface area (Å²) in [7, 11) is 0. The zero-order valence-corrected chi connectivity index (χ0v) is 11.6. The molecule has 1 N–H and O–H groups in total. The summed E-state index contributed by atoms with van der Waals surface area (Å²) in [5.41, 5.74) is 0.178. The van der Waals surface area contributed by atoms with Crippen molar-refractivity contribution in [2.24, 2.45) is 0 Å². The summed E-state index contributed by atoms with van der Waals surface area (Å²) in [4.78, 5) is 11.7. The fraction of sp³-hybridized carbons (Fsp3) is 0.333. The van der Waals surface area contributed by atoms with E-state index < -0.39 is 11.6 Å². The smallest absolute Gasteiger partial charge is 0.225 e. The summed E-state index contributed by atoms with van der Waals surface area (Å²) in [6, 6.07) is 5.80. The van der Waals surface area contributed by atoms with Crippen LogP contribution in [0.4, 0.5) is 14.7 Å². The zero-order chi connectivity index (χ0) is 14.7. The first-order valence-electron chi connectivity index (χ1n) is 7.02. The number of anilines is 1. The van der Waals surface area contributed by atoms with Crippen LogP contribution in [-0.4, -0.2) is 36.1 Å². The maximum atomic E-state index is 13.7. The molecule has 0 saturated carbocycles. The van der Waals surface area contributed by atoms with Crippen LogP contribution in [0.1, 0.15) is 5.56 Å². The molecular weight excluding hydrogens is 274 g/mol. The van der Waals surface area contributed by atoms with Gasteiger partial charge in [-0.15, -0.1) is 0 Å². The van der Waals surface area contributed by atoms with Crippen molar-refractivity contribution < 1.29 is 13.7 Å². The molecule has 1 aliphatic rings. The van der Waals surface area contributed by atoms with Gasteiger partial charge in [-0.05, 0) is 18.2 Å². The number of piperazine rings is 1. The van der Waals surface area contributed by atoms with Crippen molar-refractivity contribution in [2.75, 3.05) is 31.1 Å². The largest absolute Gasteiger partial charge is 0.330 e. The Morgan fingerprint density at radius 3 is 2.24 bits per heavy atom. The first-order valence-corrected chi connectivity index (χ1v) is 7.02. The second-order valence-corrected chi connectivity index (χ2v) is 5.16. The number of hydrogen-bond donors (Lipinski definition) is 1. The van der Waals surface area contributed by atoms with Gasteiger partial charge in [0, 0.05) is 12.4 Å². The van der Waals surface area contributed by atoms with Crippen LogP contribution in [0.25, 0.3) is 0 Å². The summed E-state index contributed by atoms with van der Waals surface area (Å²) in [6.07, 6.45) is 3.44. The van der Waals surface area contributed by atoms with Gasteiger partial charge in [0.1, 0.15) is 18.2 Å². The molecule has 110 valence electrons. The molecule has 3 rings (SSSR count). The van der Waals surface area contributed by atoms with Gasteiger partial charge in [0.25, 0.3) is 0 Å². The third-order valence-electron chi connectivity index (χ3n) is 3.79. The maximum Gasteiger partial charge on any atom is 0.225 e. The molecule has 21 heavy (non-hydrogen) atoms. The summed E-state index contributed by atoms with van der Waals surface area (Å²) in [5, 5.41) is 0. The van der Waals surface area contributed by atoms with E-state index in [0.29, 0.717) is 12.5 Å². The van der Waals surface area contributed by atoms with Gasteiger partial charge in [-0.3, -0.25) is 0 Å². The van der Waals surface area contributed by atoms with Crippen molar-refractivity contribution in [3.05, 3.63) is 53.9 Å². The average molecular weight is 291 g/mol. The molecule has 0 aliphatic carbocycles. The Morgan fingerprint density at radius 1 is 1.00 bits per heavy atom. The van der Waals surface area contributed by atoms with Gasteiger partial charge < -0.3 is 9.80 Å². The van der Waals surface area contributed by atoms with Gasteiger partial charge in [-0.25, -0.2) is 18.7 Å². The van der Waals surface area contributed by atoms with Crippen LogP contribution >= 0.6 is 0 Å². The molecule has 1 aliphatic heterocycles. The molecule has 0 spiro atoms. The highest BCUT2D eigenvalue weighted by Gasteiger charge is 2.23. The maximum absolute atomic E-state index is 13.7. The zero-order valence-electron chi connectivity index (χ0n) is 11.6. The van der Waals surface area contributed by atoms with Crippen molar-refractivity contribution in [1.29, 1.82) is 0 Å². The van der Waals surface area contributed by atoms with Crippen molar-refractivity contribution in [3.63, 3.8) is 0 Å². The van der Waals surface area contributed by atoms with Crippen molar-refractivity contribution in [2.45, 2.75) is 6.54 Å². The molecule has 0 amide bonds. The minimum absolute atomic E-state index is 0.178. The highest BCUT2D eigenvalue weighted by molar-refractivity contribution is 5.28. The lowest BCUT2D eigenvalue weighted by Crippen LogP contribution is -3.13. The quantitative estimate of drug-likeness (QED) is 0.902. The van der Waals surface area contributed by atoms with Gasteiger partial charge in [0.2, 0.25) is 5.95 Å². The molecule has 6 heteroatoms. The predicted molar refractivity (Wildman–Crippen MR) is 75.0 cm³/mol. The molecule has 1 aromatic carbocycles. The van der Waals surface area contributed by atoms with E-state index in [4.69, 9.17) is 0 Å². The molecule has 0 radical (unpaired) electrons. The number of nitrogens with one attached hydrogen (secondary N) is 1. The van der Waals surface area contributed by atoms with Gasteiger partial charge in [0.05, 0.1) is 31.7 Å². The van der Waals surface area contributed by atoms with Gasteiger partial charge in [-0.1, -0.05) is 6.07 Å². The molecule has 1 saturated heterocycles. The van der Waals surface area contributed by atoms with Crippen LogP contribution in [0.5, 0.6) is 0 Å². The highest BCUT2D eigenvalue weighted by Crippen LogP contribution is 2.11. The first-order chi connectivity index (χ1) is 10.2. The third kappa shape index (κ3) is 3.16. The first kappa shape index (κ1) is 13.9. The number of halogens is 2. The monoisotopic (exact) mass is 291 g/mol. The van der Waals surface area contributed by atoms with Crippen LogP contribution in [0, 0.1) is 11.6 Å². The molecule has 0 atom stereocenters. The fourth-order valence-electron chi connectivity index (χ4n) is 2.61. The Balaban J connectivity index is 1.62. The number of hydrogen-bond acceptors (Lipinski definition) is 3. The second kappa shape index (κ2) is 6.13. The van der Waals surface area contributed by atoms with E-state index in [0.717, 1.165) is 26.2 Å². The molecule has 2 aromatic rings. The SMILES string of the molecule is Fc1cccc(F)c1C[NH+]1CCN(c2ncccn2)CC1. The van der Waals surface area contributed by atoms with Gasteiger partial charge >= 0.3 is 0 Å². The van der Waals surface area contributed by atoms with E-state index in [1.54, 1.807) is 18.5 Å². The lowest BCUT2D eigenvalue weighted by atomic mass is 10.1. The van der Waals surface area contributed by atoms with Crippen LogP contribution in [0.3, 0.4) is 0 Å². The summed E-state index contributed by atoms with van der Waals surface area (Å²) >= 11 is 0. The number of quaternary nitrogens is 1. The Labute approximate surface area is 122 Å². The lowest BCUT2D eigenvalue weighted by Gasteiger charge is -2.32. The normalized spacial score (nSPS) is 16.2. The van der Waals surface area contributed by atoms with Crippen LogP contribution < -0.4 is 9.80 Å². The van der Waals surface area contributed by atoms with Crippen molar-refractivity contribution >= 4 is 5.95 Å². The van der Waals surface area contributed by atoms with Crippen molar-refractivity contribution in [1.82, 2.24) is 9.97 Å². The van der Waals surface area contributed by atoms with Crippen LogP contribution in [0.2, 0.25) is 0 Å². The van der Waals surface area contributed by atoms with Crippen molar-refractivity contribution in [3.8, 4) is 0 Å². The Kier molecular flexibility index (Phi) is 4.06. The molecule has 2 heterocycles. The number of aromatic nitrogens is 2. The van der Waals surface area contributed by atoms with E-state index in [1.165, 1.54) is 23.1 Å². The topological polar surface area (TPSA) is 33.5 Å².